The average molecular weight is 426 g/mol. The summed E-state index contributed by atoms with van der Waals surface area (Å²) in [7, 11) is 0. The van der Waals surface area contributed by atoms with Crippen molar-refractivity contribution < 1.29 is 14.3 Å². The van der Waals surface area contributed by atoms with Crippen molar-refractivity contribution in [3.05, 3.63) is 47.8 Å². The Morgan fingerprint density at radius 2 is 2.06 bits per heavy atom. The number of carbonyl (C=O) groups is 1. The Morgan fingerprint density at radius 1 is 1.19 bits per heavy atom. The van der Waals surface area contributed by atoms with Gasteiger partial charge in [-0.25, -0.2) is 14.5 Å². The molecule has 1 aliphatic carbocycles. The van der Waals surface area contributed by atoms with Crippen molar-refractivity contribution in [1.29, 1.82) is 0 Å². The molecule has 6 bridgehead atoms. The lowest BCUT2D eigenvalue weighted by molar-refractivity contribution is 0.101. The number of hydrogen-bond donors (Lipinski definition) is 2. The van der Waals surface area contributed by atoms with E-state index in [0.29, 0.717) is 19.8 Å². The van der Waals surface area contributed by atoms with Crippen LogP contribution < -0.4 is 10.6 Å². The highest BCUT2D eigenvalue weighted by Gasteiger charge is 2.32. The van der Waals surface area contributed by atoms with Gasteiger partial charge in [-0.3, -0.25) is 0 Å². The van der Waals surface area contributed by atoms with Gasteiger partial charge in [0.25, 0.3) is 0 Å². The molecule has 8 heteroatoms. The maximum Gasteiger partial charge on any atom is 0.407 e. The lowest BCUT2D eigenvalue weighted by Gasteiger charge is -2.22. The Bertz CT molecular complexity index is 947. The molecule has 166 valence electrons. The van der Waals surface area contributed by atoms with Gasteiger partial charge in [-0.2, -0.15) is 5.10 Å². The van der Waals surface area contributed by atoms with Gasteiger partial charge >= 0.3 is 6.09 Å². The summed E-state index contributed by atoms with van der Waals surface area (Å²) in [4.78, 5) is 16.8. The third-order valence-corrected chi connectivity index (χ3v) is 5.50. The van der Waals surface area contributed by atoms with Crippen molar-refractivity contribution in [2.24, 2.45) is 0 Å². The van der Waals surface area contributed by atoms with E-state index < -0.39 is 0 Å². The fraction of sp³-hybridized carbons (Fsp3) is 0.522. The van der Waals surface area contributed by atoms with Gasteiger partial charge in [-0.15, -0.1) is 0 Å². The second kappa shape index (κ2) is 9.09. The van der Waals surface area contributed by atoms with Crippen LogP contribution in [0.25, 0.3) is 0 Å². The molecule has 8 nitrogen and oxygen atoms in total. The number of rotatable bonds is 0. The van der Waals surface area contributed by atoms with Gasteiger partial charge in [-0.1, -0.05) is 18.2 Å². The molecule has 0 radical (unpaired) electrons. The van der Waals surface area contributed by atoms with E-state index in [2.05, 4.69) is 42.5 Å². The number of fused-ring (bicyclic) bond motifs is 7. The second-order valence-electron chi connectivity index (χ2n) is 9.08. The normalized spacial score (nSPS) is 23.5. The highest BCUT2D eigenvalue weighted by molar-refractivity contribution is 5.67. The zero-order chi connectivity index (χ0) is 21.8. The van der Waals surface area contributed by atoms with Crippen molar-refractivity contribution in [1.82, 2.24) is 20.1 Å². The number of nitrogens with zero attached hydrogens (tertiary/aromatic N) is 3. The first-order chi connectivity index (χ1) is 14.9. The molecule has 31 heavy (non-hydrogen) atoms. The molecule has 1 amide bonds. The Kier molecular flexibility index (Phi) is 6.27. The number of nitrogens with one attached hydrogen (secondary N) is 2. The molecular formula is C23H31N5O3. The second-order valence-corrected chi connectivity index (χ2v) is 9.08. The third kappa shape index (κ3) is 5.44. The van der Waals surface area contributed by atoms with Crippen LogP contribution in [0.2, 0.25) is 0 Å². The summed E-state index contributed by atoms with van der Waals surface area (Å²) < 4.78 is 13.3. The first kappa shape index (κ1) is 21.4. The quantitative estimate of drug-likeness (QED) is 0.614. The van der Waals surface area contributed by atoms with Gasteiger partial charge < -0.3 is 20.1 Å². The molecule has 2 atom stereocenters. The van der Waals surface area contributed by atoms with Gasteiger partial charge in [0.1, 0.15) is 17.7 Å². The molecular weight excluding hydrogens is 394 g/mol. The van der Waals surface area contributed by atoms with Crippen LogP contribution in [0.5, 0.6) is 0 Å². The molecule has 0 spiro atoms. The van der Waals surface area contributed by atoms with Gasteiger partial charge in [0, 0.05) is 18.5 Å². The van der Waals surface area contributed by atoms with E-state index >= 15 is 0 Å². The van der Waals surface area contributed by atoms with Crippen LogP contribution in [0.1, 0.15) is 57.3 Å². The van der Waals surface area contributed by atoms with Crippen LogP contribution in [0.15, 0.2) is 36.4 Å². The Morgan fingerprint density at radius 3 is 2.90 bits per heavy atom. The number of anilines is 2. The Hall–Kier alpha value is -2.87. The summed E-state index contributed by atoms with van der Waals surface area (Å²) >= 11 is 0. The summed E-state index contributed by atoms with van der Waals surface area (Å²) in [6.45, 7) is 7.65. The maximum atomic E-state index is 12.1. The van der Waals surface area contributed by atoms with E-state index in [-0.39, 0.29) is 23.7 Å². The Balaban J connectivity index is 1.63. The van der Waals surface area contributed by atoms with E-state index in [4.69, 9.17) is 14.6 Å². The molecule has 4 rings (SSSR count). The molecule has 3 heterocycles. The minimum absolute atomic E-state index is 0.0889. The number of ether oxygens (including phenoxy) is 2. The lowest BCUT2D eigenvalue weighted by Crippen LogP contribution is -2.28. The summed E-state index contributed by atoms with van der Waals surface area (Å²) in [5.41, 5.74) is 1.67. The summed E-state index contributed by atoms with van der Waals surface area (Å²) in [6, 6.07) is 7.96. The number of hydrogen-bond acceptors (Lipinski definition) is 6. The smallest absolute Gasteiger partial charge is 0.407 e. The largest absolute Gasteiger partial charge is 0.446 e. The van der Waals surface area contributed by atoms with E-state index in [0.717, 1.165) is 42.3 Å². The van der Waals surface area contributed by atoms with Crippen LogP contribution in [0.4, 0.5) is 16.4 Å². The SMILES string of the molecule is CC(C)(C)n1nc2cc1Nc1cccc(n1)COC/C=C/CNC(=O)O[C@@H]1CCC2C1. The predicted octanol–water partition coefficient (Wildman–Crippen LogP) is 4.23. The third-order valence-electron chi connectivity index (χ3n) is 5.50. The molecule has 2 aromatic heterocycles. The summed E-state index contributed by atoms with van der Waals surface area (Å²) in [6.07, 6.45) is 5.85. The minimum Gasteiger partial charge on any atom is -0.446 e. The molecule has 2 aromatic rings. The topological polar surface area (TPSA) is 90.3 Å². The predicted molar refractivity (Wildman–Crippen MR) is 118 cm³/mol. The standard InChI is InChI=1S/C23H31N5O3/c1-23(2,3)28-21-14-19(27-28)16-9-10-18(13-16)31-22(29)24-11-4-5-12-30-15-17-7-6-8-20(25-17)26-21/h4-8,14,16,18H,9-13,15H2,1-3H3,(H,24,29)(H,25,26)/b5-4+/t16?,18-/m1/s1. The number of carbonyl (C=O) groups excluding carboxylic acids is 1. The molecule has 1 fully saturated rings. The van der Waals surface area contributed by atoms with Crippen LogP contribution in [0, 0.1) is 0 Å². The van der Waals surface area contributed by atoms with E-state index in [9.17, 15) is 4.79 Å². The van der Waals surface area contributed by atoms with Crippen LogP contribution >= 0.6 is 0 Å². The average Bonchev–Trinajstić information content (AvgIpc) is 3.34. The van der Waals surface area contributed by atoms with Crippen LogP contribution in [-0.4, -0.2) is 40.1 Å². The molecule has 1 aliphatic heterocycles. The lowest BCUT2D eigenvalue weighted by atomic mass is 10.0. The number of alkyl carbamates (subject to hydrolysis) is 1. The molecule has 0 saturated heterocycles. The number of pyridine rings is 1. The summed E-state index contributed by atoms with van der Waals surface area (Å²) in [5, 5.41) is 11.1. The fourth-order valence-electron chi connectivity index (χ4n) is 3.99. The van der Waals surface area contributed by atoms with Crippen LogP contribution in [0.3, 0.4) is 0 Å². The Labute approximate surface area is 183 Å². The van der Waals surface area contributed by atoms with Crippen molar-refractivity contribution in [3.63, 3.8) is 0 Å². The highest BCUT2D eigenvalue weighted by Crippen LogP contribution is 2.37. The first-order valence-corrected chi connectivity index (χ1v) is 10.9. The van der Waals surface area contributed by atoms with Crippen molar-refractivity contribution in [2.75, 3.05) is 18.5 Å². The first-order valence-electron chi connectivity index (χ1n) is 10.9. The zero-order valence-corrected chi connectivity index (χ0v) is 18.4. The van der Waals surface area contributed by atoms with Gasteiger partial charge in [0.2, 0.25) is 0 Å². The fourth-order valence-corrected chi connectivity index (χ4v) is 3.99. The van der Waals surface area contributed by atoms with Crippen molar-refractivity contribution >= 4 is 17.7 Å². The monoisotopic (exact) mass is 425 g/mol. The van der Waals surface area contributed by atoms with Crippen LogP contribution in [-0.2, 0) is 21.6 Å². The van der Waals surface area contributed by atoms with Crippen molar-refractivity contribution in [3.8, 4) is 0 Å². The van der Waals surface area contributed by atoms with E-state index in [1.807, 2.05) is 35.0 Å². The van der Waals surface area contributed by atoms with E-state index in [1.54, 1.807) is 0 Å². The maximum absolute atomic E-state index is 12.1. The zero-order valence-electron chi connectivity index (χ0n) is 18.4. The number of amides is 1. The van der Waals surface area contributed by atoms with Gasteiger partial charge in [0.05, 0.1) is 30.1 Å². The molecule has 1 saturated carbocycles. The van der Waals surface area contributed by atoms with Gasteiger partial charge in [-0.05, 0) is 52.2 Å². The molecule has 2 N–H and O–H groups in total. The molecule has 2 aliphatic rings. The van der Waals surface area contributed by atoms with Crippen molar-refractivity contribution in [2.45, 2.75) is 64.2 Å². The minimum atomic E-state index is -0.378. The molecule has 1 unspecified atom stereocenters. The molecule has 0 aromatic carbocycles. The number of aromatic nitrogens is 3. The summed E-state index contributed by atoms with van der Waals surface area (Å²) in [5.74, 6) is 1.92. The van der Waals surface area contributed by atoms with E-state index in [1.165, 1.54) is 0 Å². The highest BCUT2D eigenvalue weighted by atomic mass is 16.6. The van der Waals surface area contributed by atoms with Gasteiger partial charge in [0.15, 0.2) is 0 Å².